The summed E-state index contributed by atoms with van der Waals surface area (Å²) in [6.45, 7) is -2.47. The Hall–Kier alpha value is -2.92. The molecule has 0 aromatic carbocycles. The molecule has 0 saturated heterocycles. The van der Waals surface area contributed by atoms with E-state index in [1.54, 1.807) is 10.9 Å². The minimum Gasteiger partial charge on any atom is -0.415 e. The fraction of sp³-hybridized carbons (Fsp3) is 0.500. The Balaban J connectivity index is 1.30. The second kappa shape index (κ2) is 6.04. The van der Waals surface area contributed by atoms with Gasteiger partial charge in [-0.15, -0.1) is 5.10 Å². The third-order valence-corrected chi connectivity index (χ3v) is 5.34. The number of nitrogens with zero attached hydrogens (tertiary/aromatic N) is 5. The van der Waals surface area contributed by atoms with E-state index < -0.39 is 24.4 Å². The topological polar surface area (TPSA) is 93.5 Å². The van der Waals surface area contributed by atoms with Crippen LogP contribution in [0.5, 0.6) is 5.88 Å². The zero-order valence-electron chi connectivity index (χ0n) is 14.3. The molecule has 148 valence electrons. The van der Waals surface area contributed by atoms with Crippen LogP contribution in [0.2, 0.25) is 0 Å². The highest BCUT2D eigenvalue weighted by Gasteiger charge is 2.71. The van der Waals surface area contributed by atoms with Crippen LogP contribution in [-0.2, 0) is 6.54 Å². The largest absolute Gasteiger partial charge is 0.415 e. The molecule has 2 aliphatic rings. The number of aromatic amines is 1. The Bertz CT molecular complexity index is 1010. The van der Waals surface area contributed by atoms with Crippen LogP contribution in [-0.4, -0.2) is 42.5 Å². The van der Waals surface area contributed by atoms with Crippen molar-refractivity contribution in [2.45, 2.75) is 31.9 Å². The zero-order chi connectivity index (χ0) is 19.5. The Kier molecular flexibility index (Phi) is 3.71. The van der Waals surface area contributed by atoms with E-state index in [0.29, 0.717) is 42.2 Å². The summed E-state index contributed by atoms with van der Waals surface area (Å²) in [5, 5.41) is 13.2. The standard InChI is InChI=1S/C16H15F4N7O/c17-15(18)28-13-3-11(25-26-13)23-12-5-21-10-4-22-27(14(10)24-12)6-7-1-8-9(2-7)16(8,19)20/h3-5,7-9,15H,1-2,6H2,(H2,23,24,25,26)/t7?,8-,9+. The normalized spacial score (nSPS) is 25.2. The van der Waals surface area contributed by atoms with Crippen molar-refractivity contribution in [2.75, 3.05) is 5.32 Å². The molecule has 28 heavy (non-hydrogen) atoms. The average Bonchev–Trinajstić information content (AvgIpc) is 3.16. The lowest BCUT2D eigenvalue weighted by atomic mass is 10.0. The van der Waals surface area contributed by atoms with E-state index in [4.69, 9.17) is 0 Å². The van der Waals surface area contributed by atoms with Crippen molar-refractivity contribution >= 4 is 22.8 Å². The number of ether oxygens (including phenoxy) is 1. The van der Waals surface area contributed by atoms with Crippen LogP contribution in [0, 0.1) is 17.8 Å². The molecule has 3 aromatic rings. The maximum absolute atomic E-state index is 13.4. The third-order valence-electron chi connectivity index (χ3n) is 5.34. The van der Waals surface area contributed by atoms with E-state index >= 15 is 0 Å². The minimum absolute atomic E-state index is 0.137. The summed E-state index contributed by atoms with van der Waals surface area (Å²) in [6.07, 6.45) is 4.02. The van der Waals surface area contributed by atoms with Gasteiger partial charge < -0.3 is 10.1 Å². The average molecular weight is 397 g/mol. The van der Waals surface area contributed by atoms with Gasteiger partial charge in [-0.05, 0) is 18.8 Å². The van der Waals surface area contributed by atoms with Gasteiger partial charge in [0.15, 0.2) is 11.5 Å². The number of aromatic nitrogens is 6. The van der Waals surface area contributed by atoms with Gasteiger partial charge in [-0.2, -0.15) is 13.9 Å². The summed E-state index contributed by atoms with van der Waals surface area (Å²) >= 11 is 0. The number of anilines is 2. The Labute approximate surface area is 155 Å². The van der Waals surface area contributed by atoms with Crippen LogP contribution >= 0.6 is 0 Å². The summed E-state index contributed by atoms with van der Waals surface area (Å²) in [6, 6.07) is 1.26. The van der Waals surface area contributed by atoms with Crippen LogP contribution < -0.4 is 10.1 Å². The smallest absolute Gasteiger partial charge is 0.388 e. The summed E-state index contributed by atoms with van der Waals surface area (Å²) in [7, 11) is 0. The monoisotopic (exact) mass is 397 g/mol. The van der Waals surface area contributed by atoms with E-state index in [2.05, 4.69) is 35.3 Å². The lowest BCUT2D eigenvalue weighted by molar-refractivity contribution is -0.0528. The molecule has 2 N–H and O–H groups in total. The Morgan fingerprint density at radius 3 is 2.82 bits per heavy atom. The van der Waals surface area contributed by atoms with Gasteiger partial charge in [0, 0.05) is 24.4 Å². The van der Waals surface area contributed by atoms with Crippen LogP contribution in [0.15, 0.2) is 18.5 Å². The van der Waals surface area contributed by atoms with Crippen molar-refractivity contribution in [3.05, 3.63) is 18.5 Å². The number of fused-ring (bicyclic) bond motifs is 2. The van der Waals surface area contributed by atoms with Gasteiger partial charge in [0.2, 0.25) is 5.88 Å². The summed E-state index contributed by atoms with van der Waals surface area (Å²) < 4.78 is 57.0. The van der Waals surface area contributed by atoms with E-state index in [1.165, 1.54) is 12.3 Å². The van der Waals surface area contributed by atoms with Crippen LogP contribution in [0.25, 0.3) is 11.2 Å². The Morgan fingerprint density at radius 1 is 1.29 bits per heavy atom. The maximum atomic E-state index is 13.4. The zero-order valence-corrected chi connectivity index (χ0v) is 14.3. The third kappa shape index (κ3) is 2.92. The first-order chi connectivity index (χ1) is 13.4. The molecule has 2 aliphatic carbocycles. The van der Waals surface area contributed by atoms with E-state index in [9.17, 15) is 17.6 Å². The summed E-state index contributed by atoms with van der Waals surface area (Å²) in [5.74, 6) is -2.95. The van der Waals surface area contributed by atoms with E-state index in [-0.39, 0.29) is 11.8 Å². The first kappa shape index (κ1) is 17.2. The van der Waals surface area contributed by atoms with Gasteiger partial charge in [0.05, 0.1) is 12.4 Å². The van der Waals surface area contributed by atoms with Crippen molar-refractivity contribution in [1.29, 1.82) is 0 Å². The van der Waals surface area contributed by atoms with Crippen LogP contribution in [0.3, 0.4) is 0 Å². The fourth-order valence-corrected chi connectivity index (χ4v) is 4.01. The van der Waals surface area contributed by atoms with E-state index in [1.807, 2.05) is 0 Å². The summed E-state index contributed by atoms with van der Waals surface area (Å²) in [5.41, 5.74) is 1.09. The van der Waals surface area contributed by atoms with Gasteiger partial charge in [-0.3, -0.25) is 5.10 Å². The van der Waals surface area contributed by atoms with Crippen molar-refractivity contribution in [3.8, 4) is 5.88 Å². The molecule has 8 nitrogen and oxygen atoms in total. The predicted molar refractivity (Wildman–Crippen MR) is 88.5 cm³/mol. The number of alkyl halides is 4. The molecule has 0 aliphatic heterocycles. The number of rotatable bonds is 6. The first-order valence-electron chi connectivity index (χ1n) is 8.74. The number of nitrogens with one attached hydrogen (secondary N) is 2. The van der Waals surface area contributed by atoms with Gasteiger partial charge in [-0.1, -0.05) is 0 Å². The molecule has 0 amide bonds. The quantitative estimate of drug-likeness (QED) is 0.621. The summed E-state index contributed by atoms with van der Waals surface area (Å²) in [4.78, 5) is 8.70. The van der Waals surface area contributed by atoms with Gasteiger partial charge in [-0.25, -0.2) is 23.4 Å². The number of H-pyrrole nitrogens is 1. The van der Waals surface area contributed by atoms with Gasteiger partial charge in [0.25, 0.3) is 5.92 Å². The van der Waals surface area contributed by atoms with Crippen molar-refractivity contribution in [2.24, 2.45) is 17.8 Å². The molecule has 1 unspecified atom stereocenters. The molecule has 0 spiro atoms. The predicted octanol–water partition coefficient (Wildman–Crippen LogP) is 3.19. The SMILES string of the molecule is FC(F)Oc1cc(Nc2cnc3cnn(CC4C[C@@H]5[C@H](C4)C5(F)F)c3n2)[nH]n1. The molecule has 5 rings (SSSR count). The Morgan fingerprint density at radius 2 is 2.07 bits per heavy atom. The lowest BCUT2D eigenvalue weighted by Gasteiger charge is -2.14. The molecule has 0 radical (unpaired) electrons. The van der Waals surface area contributed by atoms with Gasteiger partial charge in [0.1, 0.15) is 11.3 Å². The molecule has 3 heterocycles. The number of hydrogen-bond donors (Lipinski definition) is 2. The van der Waals surface area contributed by atoms with E-state index in [0.717, 1.165) is 0 Å². The van der Waals surface area contributed by atoms with Gasteiger partial charge >= 0.3 is 6.61 Å². The first-order valence-corrected chi connectivity index (χ1v) is 8.74. The second-order valence-corrected chi connectivity index (χ2v) is 7.14. The molecular weight excluding hydrogens is 382 g/mol. The second-order valence-electron chi connectivity index (χ2n) is 7.14. The number of halogens is 4. The molecular formula is C16H15F4N7O. The molecule has 12 heteroatoms. The fourth-order valence-electron chi connectivity index (χ4n) is 4.01. The van der Waals surface area contributed by atoms with Crippen molar-refractivity contribution < 1.29 is 22.3 Å². The molecule has 2 fully saturated rings. The van der Waals surface area contributed by atoms with Crippen LogP contribution in [0.1, 0.15) is 12.8 Å². The molecule has 3 aromatic heterocycles. The lowest BCUT2D eigenvalue weighted by Crippen LogP contribution is -2.15. The number of hydrogen-bond acceptors (Lipinski definition) is 6. The minimum atomic E-state index is -2.97. The molecule has 3 atom stereocenters. The van der Waals surface area contributed by atoms with Crippen LogP contribution in [0.4, 0.5) is 29.2 Å². The maximum Gasteiger partial charge on any atom is 0.388 e. The highest BCUT2D eigenvalue weighted by Crippen LogP contribution is 2.65. The highest BCUT2D eigenvalue weighted by molar-refractivity contribution is 5.71. The van der Waals surface area contributed by atoms with Crippen molar-refractivity contribution in [1.82, 2.24) is 29.9 Å². The highest BCUT2D eigenvalue weighted by atomic mass is 19.3. The molecule has 0 bridgehead atoms. The van der Waals surface area contributed by atoms with Crippen molar-refractivity contribution in [3.63, 3.8) is 0 Å². The molecule has 2 saturated carbocycles.